The Morgan fingerprint density at radius 3 is 2.67 bits per heavy atom. The van der Waals surface area contributed by atoms with Crippen LogP contribution in [0.5, 0.6) is 0 Å². The molecule has 0 aromatic rings. The molecule has 0 saturated carbocycles. The molecule has 5 atom stereocenters. The van der Waals surface area contributed by atoms with E-state index < -0.39 is 30.7 Å². The van der Waals surface area contributed by atoms with Crippen molar-refractivity contribution < 1.29 is 24.8 Å². The molecule has 2 rings (SSSR count). The normalized spacial score (nSPS) is 40.6. The number of allylic oxidation sites excluding steroid dienone is 4. The largest absolute Gasteiger partial charge is 0.461 e. The third-order valence-corrected chi connectivity index (χ3v) is 3.38. The quantitative estimate of drug-likeness (QED) is 0.616. The molecule has 100 valence electrons. The van der Waals surface area contributed by atoms with Crippen molar-refractivity contribution in [3.63, 3.8) is 0 Å². The lowest BCUT2D eigenvalue weighted by atomic mass is 10.00. The van der Waals surface area contributed by atoms with Crippen LogP contribution in [-0.4, -0.2) is 50.9 Å². The number of ether oxygens (including phenoxy) is 2. The van der Waals surface area contributed by atoms with Gasteiger partial charge in [-0.25, -0.2) is 0 Å². The molecule has 3 N–H and O–H groups in total. The molecule has 5 nitrogen and oxygen atoms in total. The summed E-state index contributed by atoms with van der Waals surface area (Å²) in [6.45, 7) is 1.60. The summed E-state index contributed by atoms with van der Waals surface area (Å²) in [5.41, 5.74) is 0. The first-order chi connectivity index (χ1) is 8.50. The lowest BCUT2D eigenvalue weighted by Crippen LogP contribution is -2.57. The van der Waals surface area contributed by atoms with Gasteiger partial charge in [0.2, 0.25) is 6.29 Å². The predicted molar refractivity (Wildman–Crippen MR) is 67.9 cm³/mol. The van der Waals surface area contributed by atoms with Crippen LogP contribution in [0.15, 0.2) is 24.0 Å². The number of hydrogen-bond donors (Lipinski definition) is 3. The second-order valence-corrected chi connectivity index (χ2v) is 4.88. The van der Waals surface area contributed by atoms with Crippen molar-refractivity contribution in [1.82, 2.24) is 0 Å². The minimum absolute atomic E-state index is 0.451. The number of hydrogen-bond acceptors (Lipinski definition) is 6. The smallest absolute Gasteiger partial charge is 0.229 e. The monoisotopic (exact) mass is 272 g/mol. The standard InChI is InChI=1S/C12H16O5S/c1-6-9(13)10(14)11(15)12(16-6)17-7-4-2-3-5-8(7)18/h2-4,6,9-15H,5H2,1H3/t6-,9-,10+,11+,12?/m1/s1. The van der Waals surface area contributed by atoms with Crippen LogP contribution in [0.3, 0.4) is 0 Å². The highest BCUT2D eigenvalue weighted by Gasteiger charge is 2.43. The van der Waals surface area contributed by atoms with E-state index in [1.807, 2.05) is 6.08 Å². The van der Waals surface area contributed by atoms with Gasteiger partial charge < -0.3 is 24.8 Å². The van der Waals surface area contributed by atoms with E-state index in [0.29, 0.717) is 17.0 Å². The summed E-state index contributed by atoms with van der Waals surface area (Å²) in [6.07, 6.45) is 0.582. The van der Waals surface area contributed by atoms with E-state index in [9.17, 15) is 15.3 Å². The maximum Gasteiger partial charge on any atom is 0.229 e. The topological polar surface area (TPSA) is 79.2 Å². The van der Waals surface area contributed by atoms with Gasteiger partial charge in [0.25, 0.3) is 0 Å². The lowest BCUT2D eigenvalue weighted by Gasteiger charge is -2.39. The molecule has 0 aromatic carbocycles. The average molecular weight is 272 g/mol. The Kier molecular flexibility index (Phi) is 4.14. The van der Waals surface area contributed by atoms with E-state index in [2.05, 4.69) is 0 Å². The fourth-order valence-electron chi connectivity index (χ4n) is 1.86. The molecule has 0 bridgehead atoms. The van der Waals surface area contributed by atoms with Crippen molar-refractivity contribution in [3.05, 3.63) is 24.0 Å². The first-order valence-electron chi connectivity index (χ1n) is 5.77. The Balaban J connectivity index is 2.07. The second-order valence-electron chi connectivity index (χ2n) is 4.39. The van der Waals surface area contributed by atoms with Gasteiger partial charge in [0.15, 0.2) is 0 Å². The van der Waals surface area contributed by atoms with Crippen molar-refractivity contribution in [2.45, 2.75) is 44.1 Å². The Morgan fingerprint density at radius 1 is 1.28 bits per heavy atom. The van der Waals surface area contributed by atoms with Gasteiger partial charge in [-0.3, -0.25) is 0 Å². The van der Waals surface area contributed by atoms with E-state index in [1.54, 1.807) is 19.1 Å². The lowest BCUT2D eigenvalue weighted by molar-refractivity contribution is -0.281. The zero-order chi connectivity index (χ0) is 13.3. The van der Waals surface area contributed by atoms with Gasteiger partial charge in [-0.2, -0.15) is 0 Å². The van der Waals surface area contributed by atoms with Crippen molar-refractivity contribution in [2.24, 2.45) is 0 Å². The molecule has 2 aliphatic rings. The van der Waals surface area contributed by atoms with Gasteiger partial charge in [0, 0.05) is 6.42 Å². The Labute approximate surface area is 110 Å². The zero-order valence-corrected chi connectivity index (χ0v) is 10.7. The fourth-order valence-corrected chi connectivity index (χ4v) is 2.08. The SMILES string of the molecule is C[C@H]1OC(OC2=CC=CCC2=S)[C@@H](O)[C@@H](O)[C@@H]1O. The van der Waals surface area contributed by atoms with Crippen LogP contribution in [0.2, 0.25) is 0 Å². The molecule has 1 unspecified atom stereocenters. The number of aliphatic hydroxyl groups is 3. The number of rotatable bonds is 2. The Hall–Kier alpha value is -0.790. The molecule has 6 heteroatoms. The average Bonchev–Trinajstić information content (AvgIpc) is 2.36. The van der Waals surface area contributed by atoms with Crippen LogP contribution < -0.4 is 0 Å². The van der Waals surface area contributed by atoms with E-state index >= 15 is 0 Å². The van der Waals surface area contributed by atoms with Crippen LogP contribution in [0, 0.1) is 0 Å². The highest BCUT2D eigenvalue weighted by Crippen LogP contribution is 2.25. The third kappa shape index (κ3) is 2.62. The summed E-state index contributed by atoms with van der Waals surface area (Å²) < 4.78 is 10.8. The minimum atomic E-state index is -1.31. The van der Waals surface area contributed by atoms with E-state index in [1.165, 1.54) is 0 Å². The van der Waals surface area contributed by atoms with Gasteiger partial charge in [-0.05, 0) is 13.0 Å². The molecule has 1 heterocycles. The van der Waals surface area contributed by atoms with Crippen LogP contribution in [-0.2, 0) is 9.47 Å². The van der Waals surface area contributed by atoms with E-state index in [-0.39, 0.29) is 0 Å². The molecule has 18 heavy (non-hydrogen) atoms. The maximum atomic E-state index is 9.79. The molecular formula is C12H16O5S. The maximum absolute atomic E-state index is 9.79. The van der Waals surface area contributed by atoms with E-state index in [0.717, 1.165) is 0 Å². The molecule has 1 aliphatic heterocycles. The molecule has 1 aliphatic carbocycles. The van der Waals surface area contributed by atoms with Crippen LogP contribution in [0.4, 0.5) is 0 Å². The van der Waals surface area contributed by atoms with Gasteiger partial charge in [-0.15, -0.1) is 0 Å². The van der Waals surface area contributed by atoms with Gasteiger partial charge in [0.05, 0.1) is 11.0 Å². The summed E-state index contributed by atoms with van der Waals surface area (Å²) in [7, 11) is 0. The third-order valence-electron chi connectivity index (χ3n) is 3.01. The van der Waals surface area contributed by atoms with Gasteiger partial charge >= 0.3 is 0 Å². The van der Waals surface area contributed by atoms with Crippen molar-refractivity contribution in [2.75, 3.05) is 0 Å². The summed E-state index contributed by atoms with van der Waals surface area (Å²) in [5, 5.41) is 29.0. The Bertz CT molecular complexity index is 392. The fraction of sp³-hybridized carbons (Fsp3) is 0.583. The molecular weight excluding hydrogens is 256 g/mol. The molecule has 0 radical (unpaired) electrons. The summed E-state index contributed by atoms with van der Waals surface area (Å²) in [6, 6.07) is 0. The summed E-state index contributed by atoms with van der Waals surface area (Å²) >= 11 is 5.12. The molecule has 0 aromatic heterocycles. The number of aliphatic hydroxyl groups excluding tert-OH is 3. The van der Waals surface area contributed by atoms with Crippen molar-refractivity contribution in [1.29, 1.82) is 0 Å². The van der Waals surface area contributed by atoms with Crippen molar-refractivity contribution >= 4 is 17.1 Å². The van der Waals surface area contributed by atoms with Gasteiger partial charge in [0.1, 0.15) is 24.1 Å². The van der Waals surface area contributed by atoms with Crippen LogP contribution >= 0.6 is 12.2 Å². The first-order valence-corrected chi connectivity index (χ1v) is 6.18. The zero-order valence-electron chi connectivity index (χ0n) is 9.89. The molecule has 1 saturated heterocycles. The number of thiocarbonyl (C=S) groups is 1. The highest BCUT2D eigenvalue weighted by molar-refractivity contribution is 7.80. The first kappa shape index (κ1) is 13.6. The molecule has 1 fully saturated rings. The van der Waals surface area contributed by atoms with Crippen molar-refractivity contribution in [3.8, 4) is 0 Å². The summed E-state index contributed by atoms with van der Waals surface area (Å²) in [5.74, 6) is 0.451. The Morgan fingerprint density at radius 2 is 2.00 bits per heavy atom. The highest BCUT2D eigenvalue weighted by atomic mass is 32.1. The second kappa shape index (κ2) is 5.46. The summed E-state index contributed by atoms with van der Waals surface area (Å²) in [4.78, 5) is 0.613. The van der Waals surface area contributed by atoms with Crippen LogP contribution in [0.1, 0.15) is 13.3 Å². The van der Waals surface area contributed by atoms with Gasteiger partial charge in [-0.1, -0.05) is 24.4 Å². The minimum Gasteiger partial charge on any atom is -0.461 e. The van der Waals surface area contributed by atoms with Crippen LogP contribution in [0.25, 0.3) is 0 Å². The molecule has 0 amide bonds. The predicted octanol–water partition coefficient (Wildman–Crippen LogP) is 0.0442. The van der Waals surface area contributed by atoms with E-state index in [4.69, 9.17) is 21.7 Å². The molecule has 0 spiro atoms.